The minimum absolute atomic E-state index is 0.210. The number of methoxy groups -OCH3 is 2. The maximum absolute atomic E-state index is 12.7. The van der Waals surface area contributed by atoms with Gasteiger partial charge < -0.3 is 14.8 Å². The second-order valence-electron chi connectivity index (χ2n) is 6.78. The van der Waals surface area contributed by atoms with Gasteiger partial charge in [0.2, 0.25) is 11.9 Å². The molecule has 9 heteroatoms. The largest absolute Gasteiger partial charge is 0.493 e. The number of nitrogens with zero attached hydrogens (tertiary/aromatic N) is 4. The van der Waals surface area contributed by atoms with Gasteiger partial charge in [0.05, 0.1) is 19.9 Å². The number of benzene rings is 1. The Hall–Kier alpha value is -3.62. The molecule has 1 N–H and O–H groups in total. The lowest BCUT2D eigenvalue weighted by Crippen LogP contribution is -2.32. The Morgan fingerprint density at radius 1 is 1.10 bits per heavy atom. The van der Waals surface area contributed by atoms with Crippen molar-refractivity contribution in [2.75, 3.05) is 19.5 Å². The van der Waals surface area contributed by atoms with Crippen LogP contribution in [0.3, 0.4) is 0 Å². The van der Waals surface area contributed by atoms with Gasteiger partial charge in [-0.15, -0.1) is 0 Å². The highest BCUT2D eigenvalue weighted by Crippen LogP contribution is 2.29. The number of anilines is 1. The van der Waals surface area contributed by atoms with Crippen molar-refractivity contribution in [3.63, 3.8) is 0 Å². The van der Waals surface area contributed by atoms with Gasteiger partial charge in [-0.3, -0.25) is 14.2 Å². The van der Waals surface area contributed by atoms with Crippen molar-refractivity contribution in [1.82, 2.24) is 19.3 Å². The van der Waals surface area contributed by atoms with Gasteiger partial charge >= 0.3 is 0 Å². The SMILES string of the molecule is CCc1cc(=O)n(CC(=O)Nc2ccc(OC)c(OC)c2)c(-n2nc(C)cc2C)n1. The molecule has 0 bridgehead atoms. The summed E-state index contributed by atoms with van der Waals surface area (Å²) < 4.78 is 13.4. The zero-order chi connectivity index (χ0) is 21.8. The summed E-state index contributed by atoms with van der Waals surface area (Å²) in [6.45, 7) is 5.44. The number of carbonyl (C=O) groups excluding carboxylic acids is 1. The van der Waals surface area contributed by atoms with Crippen molar-refractivity contribution in [3.8, 4) is 17.4 Å². The summed E-state index contributed by atoms with van der Waals surface area (Å²) in [4.78, 5) is 30.0. The average molecular weight is 411 g/mol. The molecule has 3 rings (SSSR count). The van der Waals surface area contributed by atoms with Crippen LogP contribution in [0.25, 0.3) is 5.95 Å². The predicted octanol–water partition coefficient (Wildman–Crippen LogP) is 2.26. The second kappa shape index (κ2) is 8.81. The smallest absolute Gasteiger partial charge is 0.255 e. The van der Waals surface area contributed by atoms with Gasteiger partial charge in [-0.25, -0.2) is 9.67 Å². The van der Waals surface area contributed by atoms with Crippen molar-refractivity contribution in [2.24, 2.45) is 0 Å². The van der Waals surface area contributed by atoms with Crippen molar-refractivity contribution in [1.29, 1.82) is 0 Å². The Kier molecular flexibility index (Phi) is 6.20. The molecule has 0 aliphatic heterocycles. The van der Waals surface area contributed by atoms with Crippen LogP contribution in [0.1, 0.15) is 24.0 Å². The van der Waals surface area contributed by atoms with E-state index in [4.69, 9.17) is 9.47 Å². The molecule has 158 valence electrons. The zero-order valence-corrected chi connectivity index (χ0v) is 17.7. The highest BCUT2D eigenvalue weighted by atomic mass is 16.5. The van der Waals surface area contributed by atoms with Gasteiger partial charge in [-0.05, 0) is 38.5 Å². The molecule has 0 unspecified atom stereocenters. The molecule has 0 aliphatic rings. The quantitative estimate of drug-likeness (QED) is 0.640. The average Bonchev–Trinajstić information content (AvgIpc) is 3.06. The second-order valence-corrected chi connectivity index (χ2v) is 6.78. The molecule has 0 aliphatic carbocycles. The number of aromatic nitrogens is 4. The number of amides is 1. The third-order valence-electron chi connectivity index (χ3n) is 4.57. The molecule has 2 heterocycles. The highest BCUT2D eigenvalue weighted by Gasteiger charge is 2.17. The standard InChI is InChI=1S/C21H25N5O4/c1-6-15-11-20(28)25(21(23-15)26-14(3)9-13(2)24-26)12-19(27)22-16-7-8-17(29-4)18(10-16)30-5/h7-11H,6,12H2,1-5H3,(H,22,27). The van der Waals surface area contributed by atoms with E-state index in [-0.39, 0.29) is 18.0 Å². The van der Waals surface area contributed by atoms with E-state index < -0.39 is 0 Å². The van der Waals surface area contributed by atoms with E-state index >= 15 is 0 Å². The summed E-state index contributed by atoms with van der Waals surface area (Å²) in [5.74, 6) is 0.980. The number of carbonyl (C=O) groups is 1. The van der Waals surface area contributed by atoms with E-state index in [1.807, 2.05) is 26.8 Å². The molecule has 0 spiro atoms. The highest BCUT2D eigenvalue weighted by molar-refractivity contribution is 5.91. The molecule has 1 amide bonds. The molecule has 30 heavy (non-hydrogen) atoms. The van der Waals surface area contributed by atoms with Crippen molar-refractivity contribution < 1.29 is 14.3 Å². The minimum atomic E-state index is -0.377. The molecule has 3 aromatic rings. The van der Waals surface area contributed by atoms with Crippen LogP contribution in [0.5, 0.6) is 11.5 Å². The lowest BCUT2D eigenvalue weighted by atomic mass is 10.2. The van der Waals surface area contributed by atoms with E-state index in [9.17, 15) is 9.59 Å². The number of ether oxygens (including phenoxy) is 2. The van der Waals surface area contributed by atoms with Gasteiger partial charge in [0.25, 0.3) is 5.56 Å². The van der Waals surface area contributed by atoms with E-state index in [2.05, 4.69) is 15.4 Å². The molecule has 0 fully saturated rings. The Morgan fingerprint density at radius 3 is 2.43 bits per heavy atom. The van der Waals surface area contributed by atoms with E-state index in [1.165, 1.54) is 24.9 Å². The van der Waals surface area contributed by atoms with Crippen molar-refractivity contribution >= 4 is 11.6 Å². The maximum Gasteiger partial charge on any atom is 0.255 e. The normalized spacial score (nSPS) is 10.7. The third kappa shape index (κ3) is 4.35. The fourth-order valence-electron chi connectivity index (χ4n) is 3.12. The van der Waals surface area contributed by atoms with E-state index in [0.717, 1.165) is 11.4 Å². The van der Waals surface area contributed by atoms with Gasteiger partial charge in [-0.2, -0.15) is 5.10 Å². The van der Waals surface area contributed by atoms with Crippen LogP contribution in [-0.4, -0.2) is 39.5 Å². The summed E-state index contributed by atoms with van der Waals surface area (Å²) in [6, 6.07) is 8.37. The number of hydrogen-bond acceptors (Lipinski definition) is 6. The summed E-state index contributed by atoms with van der Waals surface area (Å²) in [5, 5.41) is 7.20. The molecule has 0 atom stereocenters. The zero-order valence-electron chi connectivity index (χ0n) is 17.7. The van der Waals surface area contributed by atoms with Crippen molar-refractivity contribution in [3.05, 3.63) is 57.8 Å². The third-order valence-corrected chi connectivity index (χ3v) is 4.57. The van der Waals surface area contributed by atoms with Gasteiger partial charge in [0.15, 0.2) is 11.5 Å². The van der Waals surface area contributed by atoms with Crippen LogP contribution in [-0.2, 0) is 17.8 Å². The first kappa shape index (κ1) is 21.1. The maximum atomic E-state index is 12.7. The first-order valence-electron chi connectivity index (χ1n) is 9.52. The molecule has 9 nitrogen and oxygen atoms in total. The Balaban J connectivity index is 1.93. The van der Waals surface area contributed by atoms with Crippen LogP contribution in [0, 0.1) is 13.8 Å². The monoisotopic (exact) mass is 411 g/mol. The van der Waals surface area contributed by atoms with Crippen LogP contribution in [0.2, 0.25) is 0 Å². The van der Waals surface area contributed by atoms with Crippen LogP contribution < -0.4 is 20.3 Å². The Morgan fingerprint density at radius 2 is 1.83 bits per heavy atom. The molecule has 0 saturated heterocycles. The lowest BCUT2D eigenvalue weighted by molar-refractivity contribution is -0.116. The van der Waals surface area contributed by atoms with Crippen LogP contribution in [0.4, 0.5) is 5.69 Å². The molecule has 1 aromatic carbocycles. The summed E-state index contributed by atoms with van der Waals surface area (Å²) in [6.07, 6.45) is 0.597. The molecule has 0 saturated carbocycles. The van der Waals surface area contributed by atoms with Crippen molar-refractivity contribution in [2.45, 2.75) is 33.7 Å². The topological polar surface area (TPSA) is 100 Å². The summed E-state index contributed by atoms with van der Waals surface area (Å²) >= 11 is 0. The number of nitrogens with one attached hydrogen (secondary N) is 1. The first-order valence-corrected chi connectivity index (χ1v) is 9.52. The Labute approximate surface area is 174 Å². The minimum Gasteiger partial charge on any atom is -0.493 e. The predicted molar refractivity (Wildman–Crippen MR) is 113 cm³/mol. The van der Waals surface area contributed by atoms with Crippen LogP contribution >= 0.6 is 0 Å². The van der Waals surface area contributed by atoms with Gasteiger partial charge in [0.1, 0.15) is 6.54 Å². The van der Waals surface area contributed by atoms with E-state index in [0.29, 0.717) is 35.2 Å². The number of hydrogen-bond donors (Lipinski definition) is 1. The number of rotatable bonds is 7. The molecule has 2 aromatic heterocycles. The Bertz CT molecular complexity index is 1130. The molecular formula is C21H25N5O4. The summed E-state index contributed by atoms with van der Waals surface area (Å²) in [5.41, 5.74) is 2.47. The number of aryl methyl sites for hydroxylation is 3. The van der Waals surface area contributed by atoms with Gasteiger partial charge in [0, 0.05) is 29.2 Å². The van der Waals surface area contributed by atoms with Gasteiger partial charge in [-0.1, -0.05) is 6.92 Å². The summed E-state index contributed by atoms with van der Waals surface area (Å²) in [7, 11) is 3.06. The fraction of sp³-hybridized carbons (Fsp3) is 0.333. The lowest BCUT2D eigenvalue weighted by Gasteiger charge is -2.15. The fourth-order valence-corrected chi connectivity index (χ4v) is 3.12. The van der Waals surface area contributed by atoms with Crippen LogP contribution in [0.15, 0.2) is 35.1 Å². The molecular weight excluding hydrogens is 386 g/mol. The van der Waals surface area contributed by atoms with E-state index in [1.54, 1.807) is 22.9 Å². The first-order chi connectivity index (χ1) is 14.4. The molecule has 0 radical (unpaired) electrons.